The van der Waals surface area contributed by atoms with E-state index >= 15 is 0 Å². The number of likely N-dealkylation sites (tertiary alicyclic amines) is 1. The molecule has 0 aromatic rings. The lowest BCUT2D eigenvalue weighted by molar-refractivity contribution is 0.109. The van der Waals surface area contributed by atoms with Gasteiger partial charge in [-0.1, -0.05) is 25.7 Å². The number of hydrogen-bond acceptors (Lipinski definition) is 2. The van der Waals surface area contributed by atoms with Crippen LogP contribution in [-0.2, 0) is 0 Å². The second kappa shape index (κ2) is 6.38. The average molecular weight is 250 g/mol. The summed E-state index contributed by atoms with van der Waals surface area (Å²) >= 11 is 0. The highest BCUT2D eigenvalue weighted by Gasteiger charge is 2.35. The predicted octanol–water partition coefficient (Wildman–Crippen LogP) is 3.17. The Balaban J connectivity index is 1.62. The molecule has 1 saturated carbocycles. The maximum Gasteiger partial charge on any atom is 0.0139 e. The zero-order valence-electron chi connectivity index (χ0n) is 11.9. The van der Waals surface area contributed by atoms with Gasteiger partial charge >= 0.3 is 0 Å². The Kier molecular flexibility index (Phi) is 4.58. The van der Waals surface area contributed by atoms with Crippen LogP contribution in [0.25, 0.3) is 0 Å². The lowest BCUT2D eigenvalue weighted by Crippen LogP contribution is -2.47. The first-order valence-electron chi connectivity index (χ1n) is 8.41. The van der Waals surface area contributed by atoms with Gasteiger partial charge in [-0.3, -0.25) is 4.90 Å². The van der Waals surface area contributed by atoms with Crippen LogP contribution >= 0.6 is 0 Å². The van der Waals surface area contributed by atoms with Crippen molar-refractivity contribution in [3.05, 3.63) is 0 Å². The van der Waals surface area contributed by atoms with Gasteiger partial charge in [-0.15, -0.1) is 0 Å². The molecule has 18 heavy (non-hydrogen) atoms. The fourth-order valence-electron chi connectivity index (χ4n) is 4.57. The molecule has 0 amide bonds. The van der Waals surface area contributed by atoms with Crippen molar-refractivity contribution in [1.82, 2.24) is 10.2 Å². The van der Waals surface area contributed by atoms with Crippen molar-refractivity contribution in [2.75, 3.05) is 19.6 Å². The topological polar surface area (TPSA) is 15.3 Å². The van der Waals surface area contributed by atoms with Crippen LogP contribution in [0.1, 0.15) is 64.2 Å². The van der Waals surface area contributed by atoms with Gasteiger partial charge in [0.25, 0.3) is 0 Å². The van der Waals surface area contributed by atoms with E-state index in [1.165, 1.54) is 83.8 Å². The van der Waals surface area contributed by atoms with E-state index < -0.39 is 0 Å². The minimum Gasteiger partial charge on any atom is -0.316 e. The third kappa shape index (κ3) is 2.91. The number of piperidine rings is 1. The molecule has 2 nitrogen and oxygen atoms in total. The van der Waals surface area contributed by atoms with Crippen molar-refractivity contribution in [1.29, 1.82) is 0 Å². The number of rotatable bonds is 2. The highest BCUT2D eigenvalue weighted by Crippen LogP contribution is 2.33. The highest BCUT2D eigenvalue weighted by atomic mass is 15.2. The summed E-state index contributed by atoms with van der Waals surface area (Å²) in [5.74, 6) is 0.949. The smallest absolute Gasteiger partial charge is 0.0139 e. The van der Waals surface area contributed by atoms with E-state index in [-0.39, 0.29) is 0 Å². The number of nitrogens with one attached hydrogen (secondary N) is 1. The number of nitrogens with zero attached hydrogens (tertiary/aromatic N) is 1. The lowest BCUT2D eigenvalue weighted by atomic mass is 9.89. The number of hydrogen-bond donors (Lipinski definition) is 1. The van der Waals surface area contributed by atoms with Gasteiger partial charge < -0.3 is 5.32 Å². The van der Waals surface area contributed by atoms with E-state index in [0.29, 0.717) is 0 Å². The third-order valence-electron chi connectivity index (χ3n) is 5.52. The van der Waals surface area contributed by atoms with E-state index in [0.717, 1.165) is 18.0 Å². The summed E-state index contributed by atoms with van der Waals surface area (Å²) in [6, 6.07) is 1.85. The molecular formula is C16H30N2. The van der Waals surface area contributed by atoms with E-state index in [4.69, 9.17) is 0 Å². The summed E-state index contributed by atoms with van der Waals surface area (Å²) < 4.78 is 0. The van der Waals surface area contributed by atoms with Gasteiger partial charge in [0, 0.05) is 12.1 Å². The van der Waals surface area contributed by atoms with E-state index in [9.17, 15) is 0 Å². The van der Waals surface area contributed by atoms with Crippen molar-refractivity contribution in [3.63, 3.8) is 0 Å². The van der Waals surface area contributed by atoms with E-state index in [1.807, 2.05) is 0 Å². The largest absolute Gasteiger partial charge is 0.316 e. The summed E-state index contributed by atoms with van der Waals surface area (Å²) in [5, 5.41) is 3.62. The van der Waals surface area contributed by atoms with Gasteiger partial charge in [0.05, 0.1) is 0 Å². The quantitative estimate of drug-likeness (QED) is 0.757. The molecule has 3 fully saturated rings. The molecule has 2 heterocycles. The molecule has 1 N–H and O–H groups in total. The Morgan fingerprint density at radius 3 is 2.33 bits per heavy atom. The van der Waals surface area contributed by atoms with E-state index in [2.05, 4.69) is 10.2 Å². The van der Waals surface area contributed by atoms with Gasteiger partial charge in [-0.2, -0.15) is 0 Å². The Labute approximate surface area is 113 Å². The molecule has 0 aromatic carbocycles. The van der Waals surface area contributed by atoms with Crippen LogP contribution in [-0.4, -0.2) is 36.6 Å². The molecule has 2 heteroatoms. The fourth-order valence-corrected chi connectivity index (χ4v) is 4.57. The molecule has 3 rings (SSSR count). The van der Waals surface area contributed by atoms with Crippen LogP contribution < -0.4 is 5.32 Å². The molecule has 2 unspecified atom stereocenters. The molecule has 3 aliphatic rings. The van der Waals surface area contributed by atoms with Crippen molar-refractivity contribution in [2.24, 2.45) is 5.92 Å². The molecule has 2 saturated heterocycles. The van der Waals surface area contributed by atoms with E-state index in [1.54, 1.807) is 0 Å². The summed E-state index contributed by atoms with van der Waals surface area (Å²) in [5.41, 5.74) is 0. The summed E-state index contributed by atoms with van der Waals surface area (Å²) in [7, 11) is 0. The molecule has 0 bridgehead atoms. The van der Waals surface area contributed by atoms with Crippen LogP contribution in [0, 0.1) is 5.92 Å². The van der Waals surface area contributed by atoms with Crippen LogP contribution in [0.5, 0.6) is 0 Å². The molecule has 104 valence electrons. The Morgan fingerprint density at radius 1 is 0.778 bits per heavy atom. The lowest BCUT2D eigenvalue weighted by Gasteiger charge is -2.38. The van der Waals surface area contributed by atoms with Crippen LogP contribution in [0.15, 0.2) is 0 Å². The van der Waals surface area contributed by atoms with Gasteiger partial charge in [0.2, 0.25) is 0 Å². The average Bonchev–Trinajstić information content (AvgIpc) is 2.75. The summed E-state index contributed by atoms with van der Waals surface area (Å²) in [4.78, 5) is 2.93. The maximum atomic E-state index is 3.62. The standard InChI is InChI=1S/C16H30N2/c1-2-4-9-15(8-3-1)18-12-6-10-16(18)14-7-5-11-17-13-14/h14-17H,1-13H2. The molecule has 0 aromatic heterocycles. The summed E-state index contributed by atoms with van der Waals surface area (Å²) in [6.07, 6.45) is 14.7. The second-order valence-corrected chi connectivity index (χ2v) is 6.70. The van der Waals surface area contributed by atoms with Crippen molar-refractivity contribution < 1.29 is 0 Å². The van der Waals surface area contributed by atoms with Crippen molar-refractivity contribution >= 4 is 0 Å². The van der Waals surface area contributed by atoms with Gasteiger partial charge in [-0.25, -0.2) is 0 Å². The maximum absolute atomic E-state index is 3.62. The first kappa shape index (κ1) is 12.9. The second-order valence-electron chi connectivity index (χ2n) is 6.70. The first-order valence-corrected chi connectivity index (χ1v) is 8.41. The Morgan fingerprint density at radius 2 is 1.61 bits per heavy atom. The molecule has 0 radical (unpaired) electrons. The highest BCUT2D eigenvalue weighted by molar-refractivity contribution is 4.91. The Hall–Kier alpha value is -0.0800. The predicted molar refractivity (Wildman–Crippen MR) is 76.8 cm³/mol. The summed E-state index contributed by atoms with van der Waals surface area (Å²) in [6.45, 7) is 3.94. The molecule has 0 spiro atoms. The van der Waals surface area contributed by atoms with Crippen molar-refractivity contribution in [2.45, 2.75) is 76.3 Å². The molecule has 1 aliphatic carbocycles. The van der Waals surface area contributed by atoms with Gasteiger partial charge in [-0.05, 0) is 64.1 Å². The van der Waals surface area contributed by atoms with Crippen LogP contribution in [0.4, 0.5) is 0 Å². The van der Waals surface area contributed by atoms with Crippen molar-refractivity contribution in [3.8, 4) is 0 Å². The Bertz CT molecular complexity index is 239. The fraction of sp³-hybridized carbons (Fsp3) is 1.00. The third-order valence-corrected chi connectivity index (χ3v) is 5.52. The molecule has 2 atom stereocenters. The van der Waals surface area contributed by atoms with Crippen LogP contribution in [0.2, 0.25) is 0 Å². The normalized spacial score (nSPS) is 36.7. The molecular weight excluding hydrogens is 220 g/mol. The zero-order chi connectivity index (χ0) is 12.2. The zero-order valence-corrected chi connectivity index (χ0v) is 11.9. The first-order chi connectivity index (χ1) is 8.95. The van der Waals surface area contributed by atoms with Gasteiger partial charge in [0.15, 0.2) is 0 Å². The minimum absolute atomic E-state index is 0.917. The minimum atomic E-state index is 0.917. The SMILES string of the molecule is C1CCCC(N2CCCC2C2CCCNC2)CC1. The van der Waals surface area contributed by atoms with Gasteiger partial charge in [0.1, 0.15) is 0 Å². The molecule has 2 aliphatic heterocycles. The monoisotopic (exact) mass is 250 g/mol. The van der Waals surface area contributed by atoms with Crippen LogP contribution in [0.3, 0.4) is 0 Å².